The van der Waals surface area contributed by atoms with E-state index in [0.29, 0.717) is 5.69 Å². The predicted molar refractivity (Wildman–Crippen MR) is 127 cm³/mol. The number of aromatic carboxylic acids is 1. The third kappa shape index (κ3) is 4.39. The number of nitrogens with zero attached hydrogens (tertiary/aromatic N) is 4. The Bertz CT molecular complexity index is 1250. The average Bonchev–Trinajstić information content (AvgIpc) is 2.79. The summed E-state index contributed by atoms with van der Waals surface area (Å²) >= 11 is 0. The first kappa shape index (κ1) is 23.4. The highest BCUT2D eigenvalue weighted by molar-refractivity contribution is 6.57. The van der Waals surface area contributed by atoms with Gasteiger partial charge in [-0.05, 0) is 75.2 Å². The van der Waals surface area contributed by atoms with Crippen molar-refractivity contribution < 1.29 is 19.5 Å². The molecule has 8 nitrogen and oxygen atoms in total. The molecule has 2 aromatic carbocycles. The molecular formula is C25H24N4O4. The molecule has 0 aromatic heterocycles. The zero-order valence-corrected chi connectivity index (χ0v) is 18.9. The van der Waals surface area contributed by atoms with Gasteiger partial charge in [-0.25, -0.2) is 14.6 Å². The average molecular weight is 444 g/mol. The smallest absolute Gasteiger partial charge is 0.335 e. The van der Waals surface area contributed by atoms with E-state index in [2.05, 4.69) is 28.6 Å². The number of anilines is 2. The lowest BCUT2D eigenvalue weighted by atomic mass is 10.0. The van der Waals surface area contributed by atoms with E-state index in [4.69, 9.17) is 6.57 Å². The molecule has 0 aliphatic carbocycles. The first-order valence-corrected chi connectivity index (χ1v) is 10.5. The van der Waals surface area contributed by atoms with E-state index < -0.39 is 17.8 Å². The molecule has 33 heavy (non-hydrogen) atoms. The molecule has 3 rings (SSSR count). The minimum atomic E-state index is -1.19. The predicted octanol–water partition coefficient (Wildman–Crippen LogP) is 4.38. The van der Waals surface area contributed by atoms with E-state index in [0.717, 1.165) is 29.2 Å². The number of carboxylic acid groups (broad SMARTS) is 1. The van der Waals surface area contributed by atoms with Gasteiger partial charge in [-0.3, -0.25) is 14.5 Å². The van der Waals surface area contributed by atoms with Gasteiger partial charge in [0.05, 0.1) is 23.5 Å². The maximum absolute atomic E-state index is 13.4. The molecule has 1 aliphatic heterocycles. The molecule has 1 N–H and O–H groups in total. The Balaban J connectivity index is 2.13. The summed E-state index contributed by atoms with van der Waals surface area (Å²) in [5.41, 5.74) is 2.35. The molecule has 0 spiro atoms. The Morgan fingerprint density at radius 1 is 1.09 bits per heavy atom. The van der Waals surface area contributed by atoms with Crippen LogP contribution in [0.5, 0.6) is 0 Å². The first-order chi connectivity index (χ1) is 15.7. The topological polar surface area (TPSA) is 94.6 Å². The van der Waals surface area contributed by atoms with Crippen LogP contribution in [0.4, 0.5) is 17.1 Å². The lowest BCUT2D eigenvalue weighted by Gasteiger charge is -2.27. The Morgan fingerprint density at radius 2 is 1.79 bits per heavy atom. The fourth-order valence-corrected chi connectivity index (χ4v) is 3.68. The van der Waals surface area contributed by atoms with Gasteiger partial charge < -0.3 is 10.0 Å². The third-order valence-electron chi connectivity index (χ3n) is 5.53. The number of carboxylic acids is 1. The highest BCUT2D eigenvalue weighted by Gasteiger charge is 2.38. The molecule has 1 aliphatic rings. The summed E-state index contributed by atoms with van der Waals surface area (Å²) in [5, 5.41) is 9.28. The van der Waals surface area contributed by atoms with Crippen molar-refractivity contribution in [2.75, 3.05) is 22.9 Å². The van der Waals surface area contributed by atoms with Crippen LogP contribution in [0.25, 0.3) is 4.85 Å². The van der Waals surface area contributed by atoms with Crippen LogP contribution >= 0.6 is 0 Å². The van der Waals surface area contributed by atoms with Crippen LogP contribution < -0.4 is 9.80 Å². The van der Waals surface area contributed by atoms with Crippen molar-refractivity contribution in [3.63, 3.8) is 0 Å². The number of hydrogen-bond acceptors (Lipinski definition) is 5. The number of imide groups is 1. The molecule has 2 aromatic rings. The van der Waals surface area contributed by atoms with Crippen LogP contribution in [0.1, 0.15) is 36.7 Å². The summed E-state index contributed by atoms with van der Waals surface area (Å²) in [6.07, 6.45) is 0. The maximum atomic E-state index is 13.4. The van der Waals surface area contributed by atoms with Crippen LogP contribution in [0.3, 0.4) is 0 Å². The van der Waals surface area contributed by atoms with Crippen molar-refractivity contribution in [3.05, 3.63) is 76.3 Å². The normalized spacial score (nSPS) is 15.1. The van der Waals surface area contributed by atoms with Crippen LogP contribution in [0.2, 0.25) is 0 Å². The summed E-state index contributed by atoms with van der Waals surface area (Å²) in [7, 11) is 0. The summed E-state index contributed by atoms with van der Waals surface area (Å²) in [6.45, 7) is 16.7. The van der Waals surface area contributed by atoms with Gasteiger partial charge in [0.2, 0.25) is 0 Å². The monoisotopic (exact) mass is 444 g/mol. The van der Waals surface area contributed by atoms with E-state index >= 15 is 0 Å². The standard InChI is InChI=1S/C25H24N4O4/c1-6-28(7-2)18-11-12-20(15(3)13-18)27-22-16(4)21(26-5)23(30)29(24(22)31)19-10-8-9-17(14-19)25(32)33/h8-14H,6-7H2,1-4H3,(H,32,33). The minimum absolute atomic E-state index is 0.0278. The first-order valence-electron chi connectivity index (χ1n) is 10.5. The SMILES string of the molecule is [C-]#[N+]C1=C(C)C(=Nc2ccc(N(CC)CC)cc2C)C(=O)N(c2cccc(C(=O)O)c2)C1=O. The zero-order chi connectivity index (χ0) is 24.3. The number of benzene rings is 2. The van der Waals surface area contributed by atoms with Crippen molar-refractivity contribution in [1.82, 2.24) is 0 Å². The Hall–Kier alpha value is -4.25. The van der Waals surface area contributed by atoms with E-state index in [1.165, 1.54) is 31.2 Å². The summed E-state index contributed by atoms with van der Waals surface area (Å²) in [6, 6.07) is 11.2. The second-order valence-electron chi connectivity index (χ2n) is 7.49. The highest BCUT2D eigenvalue weighted by atomic mass is 16.4. The number of aryl methyl sites for hydroxylation is 1. The van der Waals surface area contributed by atoms with Gasteiger partial charge in [0.1, 0.15) is 5.71 Å². The number of amides is 2. The Labute approximate surface area is 192 Å². The third-order valence-corrected chi connectivity index (χ3v) is 5.53. The van der Waals surface area contributed by atoms with Crippen LogP contribution in [-0.2, 0) is 9.59 Å². The van der Waals surface area contributed by atoms with E-state index in [1.807, 2.05) is 19.1 Å². The second kappa shape index (κ2) is 9.49. The molecule has 0 saturated carbocycles. The lowest BCUT2D eigenvalue weighted by Crippen LogP contribution is -2.46. The van der Waals surface area contributed by atoms with Gasteiger partial charge >= 0.3 is 5.97 Å². The Morgan fingerprint density at radius 3 is 2.36 bits per heavy atom. The molecule has 168 valence electrons. The largest absolute Gasteiger partial charge is 0.478 e. The minimum Gasteiger partial charge on any atom is -0.478 e. The number of hydrogen-bond donors (Lipinski definition) is 1. The quantitative estimate of drug-likeness (QED) is 0.527. The van der Waals surface area contributed by atoms with Crippen molar-refractivity contribution in [2.24, 2.45) is 4.99 Å². The summed E-state index contributed by atoms with van der Waals surface area (Å²) in [5.74, 6) is -2.70. The van der Waals surface area contributed by atoms with Crippen molar-refractivity contribution in [1.29, 1.82) is 0 Å². The molecule has 2 amide bonds. The number of aliphatic imine (C=N–C) groups is 1. The van der Waals surface area contributed by atoms with Gasteiger partial charge in [-0.1, -0.05) is 6.07 Å². The molecule has 8 heteroatoms. The van der Waals surface area contributed by atoms with Gasteiger partial charge in [0.25, 0.3) is 17.5 Å². The summed E-state index contributed by atoms with van der Waals surface area (Å²) < 4.78 is 0. The second-order valence-corrected chi connectivity index (χ2v) is 7.49. The van der Waals surface area contributed by atoms with Crippen molar-refractivity contribution >= 4 is 40.6 Å². The molecular weight excluding hydrogens is 420 g/mol. The van der Waals surface area contributed by atoms with Gasteiger partial charge in [-0.2, -0.15) is 0 Å². The number of rotatable bonds is 6. The fourth-order valence-electron chi connectivity index (χ4n) is 3.68. The molecule has 0 bridgehead atoms. The number of carbonyl (C=O) groups excluding carboxylic acids is 2. The molecule has 0 atom stereocenters. The van der Waals surface area contributed by atoms with E-state index in [-0.39, 0.29) is 28.2 Å². The van der Waals surface area contributed by atoms with Gasteiger partial charge in [0.15, 0.2) is 0 Å². The molecule has 0 unspecified atom stereocenters. The van der Waals surface area contributed by atoms with Gasteiger partial charge in [0, 0.05) is 18.8 Å². The Kier molecular flexibility index (Phi) is 6.73. The highest BCUT2D eigenvalue weighted by Crippen LogP contribution is 2.30. The zero-order valence-electron chi connectivity index (χ0n) is 18.9. The maximum Gasteiger partial charge on any atom is 0.335 e. The fraction of sp³-hybridized carbons (Fsp3) is 0.240. The summed E-state index contributed by atoms with van der Waals surface area (Å²) in [4.78, 5) is 48.5. The molecule has 0 saturated heterocycles. The van der Waals surface area contributed by atoms with Crippen LogP contribution in [0.15, 0.2) is 58.7 Å². The van der Waals surface area contributed by atoms with E-state index in [9.17, 15) is 19.5 Å². The van der Waals surface area contributed by atoms with Crippen molar-refractivity contribution in [3.8, 4) is 0 Å². The van der Waals surface area contributed by atoms with Crippen LogP contribution in [-0.4, -0.2) is 41.7 Å². The number of carbonyl (C=O) groups is 3. The van der Waals surface area contributed by atoms with E-state index in [1.54, 1.807) is 6.07 Å². The molecule has 0 fully saturated rings. The van der Waals surface area contributed by atoms with Crippen LogP contribution in [0, 0.1) is 13.5 Å². The molecule has 0 radical (unpaired) electrons. The molecule has 1 heterocycles. The van der Waals surface area contributed by atoms with Gasteiger partial charge in [-0.15, -0.1) is 0 Å². The van der Waals surface area contributed by atoms with Crippen molar-refractivity contribution in [2.45, 2.75) is 27.7 Å². The lowest BCUT2D eigenvalue weighted by molar-refractivity contribution is -0.121.